The number of hydrogen-bond donors (Lipinski definition) is 2. The lowest BCUT2D eigenvalue weighted by Gasteiger charge is -2.09. The molecule has 2 rings (SSSR count). The van der Waals surface area contributed by atoms with Crippen LogP contribution < -0.4 is 11.1 Å². The van der Waals surface area contributed by atoms with Crippen molar-refractivity contribution in [1.82, 2.24) is 5.32 Å². The fourth-order valence-corrected chi connectivity index (χ4v) is 1.94. The van der Waals surface area contributed by atoms with Crippen molar-refractivity contribution in [2.45, 2.75) is 32.4 Å². The van der Waals surface area contributed by atoms with E-state index in [-0.39, 0.29) is 6.04 Å². The Hall–Kier alpha value is -1.55. The minimum atomic E-state index is 0.153. The van der Waals surface area contributed by atoms with E-state index in [1.54, 1.807) is 0 Å². The summed E-state index contributed by atoms with van der Waals surface area (Å²) < 4.78 is 5.10. The minimum absolute atomic E-state index is 0.153. The van der Waals surface area contributed by atoms with Crippen molar-refractivity contribution in [2.75, 3.05) is 13.2 Å². The molecule has 1 heterocycles. The maximum atomic E-state index is 5.45. The first-order chi connectivity index (χ1) is 8.65. The van der Waals surface area contributed by atoms with E-state index in [0.29, 0.717) is 18.5 Å². The van der Waals surface area contributed by atoms with Crippen molar-refractivity contribution in [3.05, 3.63) is 35.4 Å². The van der Waals surface area contributed by atoms with Gasteiger partial charge in [-0.1, -0.05) is 38.1 Å². The summed E-state index contributed by atoms with van der Waals surface area (Å²) in [5.41, 5.74) is 8.12. The third-order valence-corrected chi connectivity index (χ3v) is 3.09. The van der Waals surface area contributed by atoms with E-state index in [1.807, 2.05) is 0 Å². The number of amidine groups is 1. The van der Waals surface area contributed by atoms with E-state index >= 15 is 0 Å². The van der Waals surface area contributed by atoms with Gasteiger partial charge < -0.3 is 15.8 Å². The largest absolute Gasteiger partial charge is 0.463 e. The fourth-order valence-electron chi connectivity index (χ4n) is 1.94. The lowest BCUT2D eigenvalue weighted by Crippen LogP contribution is -2.26. The zero-order valence-corrected chi connectivity index (χ0v) is 11.0. The first-order valence-corrected chi connectivity index (χ1v) is 6.41. The molecule has 4 heteroatoms. The van der Waals surface area contributed by atoms with Crippen molar-refractivity contribution in [3.63, 3.8) is 0 Å². The van der Waals surface area contributed by atoms with Gasteiger partial charge in [0.1, 0.15) is 12.6 Å². The lowest BCUT2D eigenvalue weighted by molar-refractivity contribution is 0.309. The highest BCUT2D eigenvalue weighted by molar-refractivity contribution is 5.73. The second-order valence-corrected chi connectivity index (χ2v) is 4.96. The van der Waals surface area contributed by atoms with Crippen molar-refractivity contribution in [2.24, 2.45) is 10.7 Å². The van der Waals surface area contributed by atoms with Gasteiger partial charge >= 0.3 is 0 Å². The average Bonchev–Trinajstić information content (AvgIpc) is 2.76. The Labute approximate surface area is 108 Å². The number of rotatable bonds is 5. The molecular formula is C14H21N3O. The molecule has 0 unspecified atom stereocenters. The number of benzene rings is 1. The molecule has 0 aromatic heterocycles. The summed E-state index contributed by atoms with van der Waals surface area (Å²) in [5.74, 6) is 0.583. The molecule has 0 saturated carbocycles. The summed E-state index contributed by atoms with van der Waals surface area (Å²) in [4.78, 5) is 4.17. The van der Waals surface area contributed by atoms with Gasteiger partial charge in [0, 0.05) is 13.1 Å². The van der Waals surface area contributed by atoms with Crippen LogP contribution in [0.5, 0.6) is 0 Å². The van der Waals surface area contributed by atoms with Crippen molar-refractivity contribution >= 4 is 6.02 Å². The molecule has 0 radical (unpaired) electrons. The molecule has 0 fully saturated rings. The standard InChI is InChI=1S/C14H21N3O/c1-10(2)12-5-3-11(4-6-12)7-16-8-13-9-18-14(15)17-13/h3-6,10,13,16H,7-9H2,1-2H3,(H2,15,17)/t13-/m0/s1. The lowest BCUT2D eigenvalue weighted by atomic mass is 10.0. The van der Waals surface area contributed by atoms with Crippen molar-refractivity contribution in [1.29, 1.82) is 0 Å². The molecule has 18 heavy (non-hydrogen) atoms. The quantitative estimate of drug-likeness (QED) is 0.831. The SMILES string of the molecule is CC(C)c1ccc(CNC[C@H]2COC(N)=N2)cc1. The van der Waals surface area contributed by atoms with E-state index in [9.17, 15) is 0 Å². The molecule has 1 aromatic carbocycles. The van der Waals surface area contributed by atoms with Gasteiger partial charge in [0.25, 0.3) is 6.02 Å². The Morgan fingerprint density at radius 3 is 2.67 bits per heavy atom. The Morgan fingerprint density at radius 1 is 1.39 bits per heavy atom. The summed E-state index contributed by atoms with van der Waals surface area (Å²) in [5, 5.41) is 3.37. The molecule has 0 aliphatic carbocycles. The van der Waals surface area contributed by atoms with Crippen LogP contribution in [0.15, 0.2) is 29.3 Å². The number of aliphatic imine (C=N–C) groups is 1. The average molecular weight is 247 g/mol. The number of hydrogen-bond acceptors (Lipinski definition) is 4. The number of ether oxygens (including phenoxy) is 1. The van der Waals surface area contributed by atoms with Gasteiger partial charge in [-0.15, -0.1) is 0 Å². The monoisotopic (exact) mass is 247 g/mol. The Kier molecular flexibility index (Phi) is 4.20. The van der Waals surface area contributed by atoms with Gasteiger partial charge in [-0.3, -0.25) is 0 Å². The van der Waals surface area contributed by atoms with Crippen LogP contribution in [0.2, 0.25) is 0 Å². The van der Waals surface area contributed by atoms with Gasteiger partial charge in [0.15, 0.2) is 0 Å². The van der Waals surface area contributed by atoms with Gasteiger partial charge in [0.05, 0.1) is 0 Å². The van der Waals surface area contributed by atoms with Gasteiger partial charge in [-0.25, -0.2) is 4.99 Å². The molecule has 4 nitrogen and oxygen atoms in total. The topological polar surface area (TPSA) is 59.6 Å². The van der Waals surface area contributed by atoms with Gasteiger partial charge in [-0.05, 0) is 17.0 Å². The molecule has 0 amide bonds. The zero-order valence-electron chi connectivity index (χ0n) is 11.0. The predicted molar refractivity (Wildman–Crippen MR) is 73.6 cm³/mol. The first-order valence-electron chi connectivity index (χ1n) is 6.41. The summed E-state index contributed by atoms with van der Waals surface area (Å²) in [6, 6.07) is 9.19. The van der Waals surface area contributed by atoms with Crippen LogP contribution >= 0.6 is 0 Å². The van der Waals surface area contributed by atoms with E-state index in [0.717, 1.165) is 13.1 Å². The zero-order chi connectivity index (χ0) is 13.0. The van der Waals surface area contributed by atoms with Crippen molar-refractivity contribution in [3.8, 4) is 0 Å². The molecule has 98 valence electrons. The summed E-state index contributed by atoms with van der Waals surface area (Å²) in [6.45, 7) is 6.65. The normalized spacial score (nSPS) is 18.8. The van der Waals surface area contributed by atoms with E-state index < -0.39 is 0 Å². The minimum Gasteiger partial charge on any atom is -0.463 e. The molecule has 0 spiro atoms. The molecule has 1 aliphatic rings. The van der Waals surface area contributed by atoms with Crippen LogP contribution in [0.25, 0.3) is 0 Å². The van der Waals surface area contributed by atoms with Crippen LogP contribution in [-0.2, 0) is 11.3 Å². The predicted octanol–water partition coefficient (Wildman–Crippen LogP) is 1.61. The first kappa shape index (κ1) is 12.9. The van der Waals surface area contributed by atoms with Crippen LogP contribution in [0, 0.1) is 0 Å². The van der Waals surface area contributed by atoms with E-state index in [1.165, 1.54) is 11.1 Å². The highest BCUT2D eigenvalue weighted by Crippen LogP contribution is 2.14. The number of nitrogens with two attached hydrogens (primary N) is 1. The molecule has 1 atom stereocenters. The highest BCUT2D eigenvalue weighted by Gasteiger charge is 2.15. The van der Waals surface area contributed by atoms with Gasteiger partial charge in [-0.2, -0.15) is 0 Å². The smallest absolute Gasteiger partial charge is 0.282 e. The third kappa shape index (κ3) is 3.47. The summed E-state index contributed by atoms with van der Waals surface area (Å²) in [7, 11) is 0. The Balaban J connectivity index is 1.76. The Bertz CT molecular complexity index is 412. The molecule has 3 N–H and O–H groups in total. The molecule has 1 aromatic rings. The van der Waals surface area contributed by atoms with Crippen LogP contribution in [-0.4, -0.2) is 25.2 Å². The summed E-state index contributed by atoms with van der Waals surface area (Å²) >= 11 is 0. The van der Waals surface area contributed by atoms with Crippen LogP contribution in [0.3, 0.4) is 0 Å². The maximum absolute atomic E-state index is 5.45. The Morgan fingerprint density at radius 2 is 2.11 bits per heavy atom. The van der Waals surface area contributed by atoms with Crippen LogP contribution in [0.1, 0.15) is 30.9 Å². The molecule has 1 aliphatic heterocycles. The van der Waals surface area contributed by atoms with Crippen molar-refractivity contribution < 1.29 is 4.74 Å². The molecule has 0 bridgehead atoms. The van der Waals surface area contributed by atoms with E-state index in [4.69, 9.17) is 10.5 Å². The van der Waals surface area contributed by atoms with Crippen LogP contribution in [0.4, 0.5) is 0 Å². The maximum Gasteiger partial charge on any atom is 0.282 e. The fraction of sp³-hybridized carbons (Fsp3) is 0.500. The van der Waals surface area contributed by atoms with Gasteiger partial charge in [0.2, 0.25) is 0 Å². The number of nitrogens with one attached hydrogen (secondary N) is 1. The molecular weight excluding hydrogens is 226 g/mol. The molecule has 0 saturated heterocycles. The van der Waals surface area contributed by atoms with E-state index in [2.05, 4.69) is 48.4 Å². The second-order valence-electron chi connectivity index (χ2n) is 4.96. The highest BCUT2D eigenvalue weighted by atomic mass is 16.5. The summed E-state index contributed by atoms with van der Waals surface area (Å²) in [6.07, 6.45) is 0. The second kappa shape index (κ2) is 5.87. The third-order valence-electron chi connectivity index (χ3n) is 3.09. The number of nitrogens with zero attached hydrogens (tertiary/aromatic N) is 1.